The second kappa shape index (κ2) is 4.95. The van der Waals surface area contributed by atoms with Gasteiger partial charge in [0.25, 0.3) is 5.91 Å². The molecule has 3 nitrogen and oxygen atoms in total. The monoisotopic (exact) mass is 282 g/mol. The zero-order valence-corrected chi connectivity index (χ0v) is 10.9. The first-order valence-corrected chi connectivity index (χ1v) is 6.36. The normalized spacial score (nSPS) is 17.5. The van der Waals surface area contributed by atoms with Crippen molar-refractivity contribution in [3.8, 4) is 0 Å². The Kier molecular flexibility index (Phi) is 3.59. The first-order valence-electron chi connectivity index (χ1n) is 5.56. The van der Waals surface area contributed by atoms with Gasteiger partial charge in [-0.1, -0.05) is 6.92 Å². The lowest BCUT2D eigenvalue weighted by molar-refractivity contribution is 0.0696. The van der Waals surface area contributed by atoms with E-state index in [1.54, 1.807) is 12.4 Å². The fourth-order valence-electron chi connectivity index (χ4n) is 1.92. The molecule has 0 spiro atoms. The number of hydrogen-bond donors (Lipinski definition) is 0. The Balaban J connectivity index is 2.08. The minimum absolute atomic E-state index is 0.0979. The van der Waals surface area contributed by atoms with Crippen LogP contribution in [0.3, 0.4) is 0 Å². The van der Waals surface area contributed by atoms with E-state index in [4.69, 9.17) is 0 Å². The number of nitrogens with zero attached hydrogens (tertiary/aromatic N) is 2. The van der Waals surface area contributed by atoms with Gasteiger partial charge in [0.1, 0.15) is 0 Å². The first-order chi connectivity index (χ1) is 7.66. The number of piperidine rings is 1. The largest absolute Gasteiger partial charge is 0.339 e. The number of amides is 1. The van der Waals surface area contributed by atoms with Crippen molar-refractivity contribution >= 4 is 21.8 Å². The fourth-order valence-corrected chi connectivity index (χ4v) is 2.29. The Morgan fingerprint density at radius 3 is 2.75 bits per heavy atom. The third-order valence-corrected chi connectivity index (χ3v) is 3.46. The van der Waals surface area contributed by atoms with E-state index in [1.807, 2.05) is 11.0 Å². The minimum atomic E-state index is 0.0979. The summed E-state index contributed by atoms with van der Waals surface area (Å²) in [6, 6.07) is 1.83. The molecule has 2 rings (SSSR count). The van der Waals surface area contributed by atoms with Crippen LogP contribution in [0.1, 0.15) is 30.1 Å². The van der Waals surface area contributed by atoms with Crippen LogP contribution in [-0.4, -0.2) is 28.9 Å². The number of carbonyl (C=O) groups is 1. The van der Waals surface area contributed by atoms with Crippen molar-refractivity contribution in [2.45, 2.75) is 19.8 Å². The summed E-state index contributed by atoms with van der Waals surface area (Å²) in [6.45, 7) is 3.97. The number of halogens is 1. The SMILES string of the molecule is CC1CCN(C(=O)c2cncc(Br)c2)CC1. The second-order valence-electron chi connectivity index (χ2n) is 4.37. The molecule has 0 aromatic carbocycles. The zero-order valence-electron chi connectivity index (χ0n) is 9.32. The highest BCUT2D eigenvalue weighted by atomic mass is 79.9. The lowest BCUT2D eigenvalue weighted by Crippen LogP contribution is -2.37. The smallest absolute Gasteiger partial charge is 0.255 e. The molecule has 0 bridgehead atoms. The van der Waals surface area contributed by atoms with Crippen LogP contribution in [0.5, 0.6) is 0 Å². The van der Waals surface area contributed by atoms with E-state index in [0.29, 0.717) is 5.56 Å². The summed E-state index contributed by atoms with van der Waals surface area (Å²) in [6.07, 6.45) is 5.53. The van der Waals surface area contributed by atoms with Crippen molar-refractivity contribution < 1.29 is 4.79 Å². The third kappa shape index (κ3) is 2.61. The second-order valence-corrected chi connectivity index (χ2v) is 5.28. The van der Waals surface area contributed by atoms with Crippen LogP contribution in [0.2, 0.25) is 0 Å². The summed E-state index contributed by atoms with van der Waals surface area (Å²) < 4.78 is 0.851. The van der Waals surface area contributed by atoms with Crippen LogP contribution < -0.4 is 0 Å². The number of likely N-dealkylation sites (tertiary alicyclic amines) is 1. The maximum absolute atomic E-state index is 12.1. The van der Waals surface area contributed by atoms with Crippen molar-refractivity contribution in [1.82, 2.24) is 9.88 Å². The molecular formula is C12H15BrN2O. The topological polar surface area (TPSA) is 33.2 Å². The Morgan fingerprint density at radius 1 is 1.44 bits per heavy atom. The van der Waals surface area contributed by atoms with E-state index in [2.05, 4.69) is 27.8 Å². The van der Waals surface area contributed by atoms with Crippen LogP contribution in [0, 0.1) is 5.92 Å². The molecule has 0 N–H and O–H groups in total. The quantitative estimate of drug-likeness (QED) is 0.794. The van der Waals surface area contributed by atoms with E-state index >= 15 is 0 Å². The van der Waals surface area contributed by atoms with Gasteiger partial charge in [0.05, 0.1) is 5.56 Å². The highest BCUT2D eigenvalue weighted by Gasteiger charge is 2.21. The van der Waals surface area contributed by atoms with E-state index in [-0.39, 0.29) is 5.91 Å². The molecule has 2 heterocycles. The van der Waals surface area contributed by atoms with E-state index < -0.39 is 0 Å². The standard InChI is InChI=1S/C12H15BrN2O/c1-9-2-4-15(5-3-9)12(16)10-6-11(13)8-14-7-10/h6-9H,2-5H2,1H3. The highest BCUT2D eigenvalue weighted by molar-refractivity contribution is 9.10. The van der Waals surface area contributed by atoms with E-state index in [9.17, 15) is 4.79 Å². The maximum atomic E-state index is 12.1. The molecule has 1 saturated heterocycles. The van der Waals surface area contributed by atoms with Crippen LogP contribution in [0.4, 0.5) is 0 Å². The van der Waals surface area contributed by atoms with Gasteiger partial charge in [-0.25, -0.2) is 0 Å². The minimum Gasteiger partial charge on any atom is -0.339 e. The molecule has 0 radical (unpaired) electrons. The van der Waals surface area contributed by atoms with Gasteiger partial charge in [-0.15, -0.1) is 0 Å². The number of carbonyl (C=O) groups excluding carboxylic acids is 1. The highest BCUT2D eigenvalue weighted by Crippen LogP contribution is 2.19. The molecule has 86 valence electrons. The zero-order chi connectivity index (χ0) is 11.5. The number of rotatable bonds is 1. The van der Waals surface area contributed by atoms with Gasteiger partial charge in [0.2, 0.25) is 0 Å². The predicted molar refractivity (Wildman–Crippen MR) is 66.2 cm³/mol. The summed E-state index contributed by atoms with van der Waals surface area (Å²) in [7, 11) is 0. The Hall–Kier alpha value is -0.900. The number of aromatic nitrogens is 1. The van der Waals surface area contributed by atoms with Gasteiger partial charge < -0.3 is 4.90 Å². The fraction of sp³-hybridized carbons (Fsp3) is 0.500. The molecular weight excluding hydrogens is 268 g/mol. The summed E-state index contributed by atoms with van der Waals surface area (Å²) >= 11 is 3.33. The summed E-state index contributed by atoms with van der Waals surface area (Å²) in [4.78, 5) is 18.1. The van der Waals surface area contributed by atoms with E-state index in [1.165, 1.54) is 0 Å². The molecule has 1 aliphatic heterocycles. The average Bonchev–Trinajstić information content (AvgIpc) is 2.29. The average molecular weight is 283 g/mol. The molecule has 4 heteroatoms. The van der Waals surface area contributed by atoms with Gasteiger partial charge in [0, 0.05) is 30.0 Å². The molecule has 0 aliphatic carbocycles. The third-order valence-electron chi connectivity index (χ3n) is 3.02. The number of hydrogen-bond acceptors (Lipinski definition) is 2. The van der Waals surface area contributed by atoms with E-state index in [0.717, 1.165) is 36.3 Å². The molecule has 0 atom stereocenters. The predicted octanol–water partition coefficient (Wildman–Crippen LogP) is 2.72. The van der Waals surface area contributed by atoms with Crippen LogP contribution in [0.25, 0.3) is 0 Å². The van der Waals surface area contributed by atoms with Gasteiger partial charge in [-0.2, -0.15) is 0 Å². The van der Waals surface area contributed by atoms with Crippen molar-refractivity contribution in [3.63, 3.8) is 0 Å². The van der Waals surface area contributed by atoms with Gasteiger partial charge in [-0.3, -0.25) is 9.78 Å². The van der Waals surface area contributed by atoms with Crippen molar-refractivity contribution in [2.24, 2.45) is 5.92 Å². The van der Waals surface area contributed by atoms with Gasteiger partial charge >= 0.3 is 0 Å². The Morgan fingerprint density at radius 2 is 2.12 bits per heavy atom. The first kappa shape index (κ1) is 11.6. The van der Waals surface area contributed by atoms with Gasteiger partial charge in [-0.05, 0) is 40.8 Å². The molecule has 0 saturated carbocycles. The molecule has 0 unspecified atom stereocenters. The van der Waals surface area contributed by atoms with Crippen LogP contribution in [0.15, 0.2) is 22.9 Å². The van der Waals surface area contributed by atoms with Crippen LogP contribution >= 0.6 is 15.9 Å². The molecule has 1 fully saturated rings. The Bertz CT molecular complexity index is 386. The molecule has 1 amide bonds. The lowest BCUT2D eigenvalue weighted by atomic mass is 9.99. The lowest BCUT2D eigenvalue weighted by Gasteiger charge is -2.30. The summed E-state index contributed by atoms with van der Waals surface area (Å²) in [5, 5.41) is 0. The maximum Gasteiger partial charge on any atom is 0.255 e. The summed E-state index contributed by atoms with van der Waals surface area (Å²) in [5.41, 5.74) is 0.670. The molecule has 1 aliphatic rings. The van der Waals surface area contributed by atoms with Crippen molar-refractivity contribution in [3.05, 3.63) is 28.5 Å². The molecule has 1 aromatic heterocycles. The van der Waals surface area contributed by atoms with Gasteiger partial charge in [0.15, 0.2) is 0 Å². The van der Waals surface area contributed by atoms with Crippen molar-refractivity contribution in [2.75, 3.05) is 13.1 Å². The Labute approximate surface area is 104 Å². The van der Waals surface area contributed by atoms with Crippen molar-refractivity contribution in [1.29, 1.82) is 0 Å². The number of pyridine rings is 1. The molecule has 16 heavy (non-hydrogen) atoms. The molecule has 1 aromatic rings. The van der Waals surface area contributed by atoms with Crippen LogP contribution in [-0.2, 0) is 0 Å². The summed E-state index contributed by atoms with van der Waals surface area (Å²) in [5.74, 6) is 0.838.